The van der Waals surface area contributed by atoms with Crippen LogP contribution in [0.2, 0.25) is 0 Å². The summed E-state index contributed by atoms with van der Waals surface area (Å²) in [7, 11) is 0. The van der Waals surface area contributed by atoms with Crippen molar-refractivity contribution in [3.8, 4) is 0 Å². The minimum atomic E-state index is 0. The van der Waals surface area contributed by atoms with Gasteiger partial charge in [0.15, 0.2) is 0 Å². The third-order valence-electron chi connectivity index (χ3n) is 2.17. The number of para-hydroxylation sites is 1. The summed E-state index contributed by atoms with van der Waals surface area (Å²) in [5, 5.41) is 4.01. The van der Waals surface area contributed by atoms with Crippen LogP contribution in [0.3, 0.4) is 0 Å². The van der Waals surface area contributed by atoms with Gasteiger partial charge in [0.1, 0.15) is 0 Å². The molecular weight excluding hydrogens is 334 g/mol. The molecule has 2 nitrogen and oxygen atoms in total. The Balaban J connectivity index is 0.000000845. The Kier molecular flexibility index (Phi) is 3.26. The second kappa shape index (κ2) is 4.06. The standard InChI is InChI=1S/C10H11NO.W/c1-7-3-2-4-8-5-6-9(12)11-10(7)8;/h2-4H,5-6H2,1H3,(H,11,12);/p-1. The zero-order chi connectivity index (χ0) is 8.55. The molecule has 0 saturated carbocycles. The van der Waals surface area contributed by atoms with Crippen LogP contribution in [0.5, 0.6) is 0 Å². The molecule has 0 atom stereocenters. The van der Waals surface area contributed by atoms with Crippen LogP contribution in [-0.4, -0.2) is 5.91 Å². The van der Waals surface area contributed by atoms with Crippen LogP contribution in [0.4, 0.5) is 5.69 Å². The molecule has 1 aliphatic heterocycles. The summed E-state index contributed by atoms with van der Waals surface area (Å²) in [5.41, 5.74) is 3.20. The predicted octanol–water partition coefficient (Wildman–Crippen LogP) is 2.47. The summed E-state index contributed by atoms with van der Waals surface area (Å²) in [4.78, 5) is 11.0. The molecule has 1 aromatic rings. The van der Waals surface area contributed by atoms with E-state index >= 15 is 0 Å². The monoisotopic (exact) mass is 344 g/mol. The van der Waals surface area contributed by atoms with Crippen molar-refractivity contribution in [3.63, 3.8) is 0 Å². The molecule has 3 heteroatoms. The van der Waals surface area contributed by atoms with E-state index in [9.17, 15) is 4.79 Å². The third kappa shape index (κ3) is 2.00. The molecule has 1 aliphatic rings. The molecule has 0 radical (unpaired) electrons. The summed E-state index contributed by atoms with van der Waals surface area (Å²) < 4.78 is 0. The molecule has 0 spiro atoms. The zero-order valence-corrected chi connectivity index (χ0v) is 10.3. The van der Waals surface area contributed by atoms with Crippen LogP contribution in [0.15, 0.2) is 18.2 Å². The number of nitrogens with zero attached hydrogens (tertiary/aromatic N) is 1. The number of rotatable bonds is 0. The minimum Gasteiger partial charge on any atom is -0.626 e. The molecule has 1 heterocycles. The Labute approximate surface area is 92.0 Å². The van der Waals surface area contributed by atoms with E-state index in [0.717, 1.165) is 17.7 Å². The van der Waals surface area contributed by atoms with Gasteiger partial charge < -0.3 is 10.1 Å². The van der Waals surface area contributed by atoms with Crippen LogP contribution in [-0.2, 0) is 32.3 Å². The summed E-state index contributed by atoms with van der Waals surface area (Å²) in [6.45, 7) is 1.99. The van der Waals surface area contributed by atoms with Crippen molar-refractivity contribution in [1.29, 1.82) is 0 Å². The number of aryl methyl sites for hydroxylation is 2. The fraction of sp³-hybridized carbons (Fsp3) is 0.300. The van der Waals surface area contributed by atoms with Crippen molar-refractivity contribution in [2.45, 2.75) is 19.8 Å². The Morgan fingerprint density at radius 2 is 2.08 bits per heavy atom. The fourth-order valence-corrected chi connectivity index (χ4v) is 1.50. The number of benzene rings is 1. The van der Waals surface area contributed by atoms with Gasteiger partial charge in [0.05, 0.1) is 5.91 Å². The number of carbonyl (C=O) groups is 1. The molecule has 0 aliphatic carbocycles. The van der Waals surface area contributed by atoms with Crippen molar-refractivity contribution >= 4 is 11.6 Å². The van der Waals surface area contributed by atoms with Crippen LogP contribution >= 0.6 is 0 Å². The molecule has 0 saturated heterocycles. The normalized spacial score (nSPS) is 14.1. The largest absolute Gasteiger partial charge is 0.626 e. The van der Waals surface area contributed by atoms with Crippen molar-refractivity contribution in [2.75, 3.05) is 0 Å². The van der Waals surface area contributed by atoms with Gasteiger partial charge in [-0.05, 0) is 19.8 Å². The van der Waals surface area contributed by atoms with Gasteiger partial charge in [-0.3, -0.25) is 0 Å². The van der Waals surface area contributed by atoms with Crippen molar-refractivity contribution in [1.82, 2.24) is 0 Å². The van der Waals surface area contributed by atoms with Crippen molar-refractivity contribution in [2.24, 2.45) is 0 Å². The maximum Gasteiger partial charge on any atom is 0.0548 e. The molecule has 0 bridgehead atoms. The summed E-state index contributed by atoms with van der Waals surface area (Å²) >= 11 is 0. The Morgan fingerprint density at radius 1 is 1.31 bits per heavy atom. The average molecular weight is 344 g/mol. The summed E-state index contributed by atoms with van der Waals surface area (Å²) in [5.74, 6) is 0.0109. The Morgan fingerprint density at radius 3 is 2.85 bits per heavy atom. The van der Waals surface area contributed by atoms with Gasteiger partial charge in [0, 0.05) is 21.1 Å². The van der Waals surface area contributed by atoms with E-state index in [0.29, 0.717) is 6.42 Å². The van der Waals surface area contributed by atoms with Crippen molar-refractivity contribution < 1.29 is 25.9 Å². The van der Waals surface area contributed by atoms with Gasteiger partial charge in [0.2, 0.25) is 0 Å². The van der Waals surface area contributed by atoms with Gasteiger partial charge in [-0.1, -0.05) is 29.3 Å². The molecule has 0 fully saturated rings. The quantitative estimate of drug-likeness (QED) is 0.712. The first kappa shape index (κ1) is 10.5. The molecule has 0 aromatic heterocycles. The van der Waals surface area contributed by atoms with Gasteiger partial charge in [-0.25, -0.2) is 0 Å². The first-order valence-corrected chi connectivity index (χ1v) is 4.10. The van der Waals surface area contributed by atoms with Gasteiger partial charge in [-0.2, -0.15) is 0 Å². The van der Waals surface area contributed by atoms with E-state index in [1.807, 2.05) is 25.1 Å². The molecule has 2 rings (SSSR count). The molecule has 1 amide bonds. The number of hydrogen-bond acceptors (Lipinski definition) is 1. The molecule has 0 unspecified atom stereocenters. The van der Waals surface area contributed by atoms with Crippen LogP contribution < -0.4 is 0 Å². The van der Waals surface area contributed by atoms with Crippen molar-refractivity contribution in [3.05, 3.63) is 34.6 Å². The molecule has 13 heavy (non-hydrogen) atoms. The number of fused-ring (bicyclic) bond motifs is 1. The second-order valence-electron chi connectivity index (χ2n) is 3.09. The fourth-order valence-electron chi connectivity index (χ4n) is 1.50. The molecule has 1 aromatic carbocycles. The SMILES string of the molecule is Cc1cccc2c1[N-]C(=O)CC2.[W]. The topological polar surface area (TPSA) is 31.2 Å². The zero-order valence-electron chi connectivity index (χ0n) is 7.41. The van der Waals surface area contributed by atoms with Gasteiger partial charge in [-0.15, -0.1) is 5.69 Å². The van der Waals surface area contributed by atoms with Gasteiger partial charge >= 0.3 is 0 Å². The van der Waals surface area contributed by atoms with Crippen LogP contribution in [0.1, 0.15) is 17.5 Å². The van der Waals surface area contributed by atoms with E-state index in [1.54, 1.807) is 0 Å². The van der Waals surface area contributed by atoms with E-state index in [-0.39, 0.29) is 27.0 Å². The first-order chi connectivity index (χ1) is 5.77. The molecule has 68 valence electrons. The van der Waals surface area contributed by atoms with E-state index in [2.05, 4.69) is 5.32 Å². The summed E-state index contributed by atoms with van der Waals surface area (Å²) in [6.07, 6.45) is 1.41. The summed E-state index contributed by atoms with van der Waals surface area (Å²) in [6, 6.07) is 6.04. The van der Waals surface area contributed by atoms with Gasteiger partial charge in [0.25, 0.3) is 0 Å². The number of hydrogen-bond donors (Lipinski definition) is 0. The number of amides is 1. The third-order valence-corrected chi connectivity index (χ3v) is 2.17. The molecular formula is C10H10NOW-. The maximum absolute atomic E-state index is 11.0. The minimum absolute atomic E-state index is 0. The first-order valence-electron chi connectivity index (χ1n) is 4.10. The van der Waals surface area contributed by atoms with Crippen LogP contribution in [0, 0.1) is 6.92 Å². The Hall–Kier alpha value is -0.622. The maximum atomic E-state index is 11.0. The smallest absolute Gasteiger partial charge is 0.0548 e. The van der Waals surface area contributed by atoms with E-state index in [1.165, 1.54) is 5.56 Å². The Bertz CT molecular complexity index is 336. The van der Waals surface area contributed by atoms with E-state index in [4.69, 9.17) is 0 Å². The predicted molar refractivity (Wildman–Crippen MR) is 47.5 cm³/mol. The second-order valence-corrected chi connectivity index (χ2v) is 3.09. The van der Waals surface area contributed by atoms with E-state index < -0.39 is 0 Å². The molecule has 0 N–H and O–H groups in total. The van der Waals surface area contributed by atoms with Crippen LogP contribution in [0.25, 0.3) is 5.32 Å². The average Bonchev–Trinajstić information content (AvgIpc) is 2.07. The number of carbonyl (C=O) groups excluding carboxylic acids is 1.